The van der Waals surface area contributed by atoms with E-state index in [1.54, 1.807) is 12.1 Å². The van der Waals surface area contributed by atoms with Gasteiger partial charge in [0.15, 0.2) is 5.82 Å². The summed E-state index contributed by atoms with van der Waals surface area (Å²) in [6.45, 7) is 6.13. The highest BCUT2D eigenvalue weighted by atomic mass is 16.5. The van der Waals surface area contributed by atoms with E-state index in [0.717, 1.165) is 11.5 Å². The molecule has 6 heteroatoms. The van der Waals surface area contributed by atoms with Crippen molar-refractivity contribution in [3.05, 3.63) is 47.4 Å². The Bertz CT molecular complexity index is 671. The molecular weight excluding hydrogens is 282 g/mol. The van der Waals surface area contributed by atoms with Crippen LogP contribution in [0.3, 0.4) is 0 Å². The van der Waals surface area contributed by atoms with Crippen molar-refractivity contribution in [3.63, 3.8) is 0 Å². The van der Waals surface area contributed by atoms with Gasteiger partial charge in [-0.25, -0.2) is 14.8 Å². The smallest absolute Gasteiger partial charge is 0.335 e. The van der Waals surface area contributed by atoms with Crippen LogP contribution >= 0.6 is 0 Å². The Morgan fingerprint density at radius 2 is 2.09 bits per heavy atom. The van der Waals surface area contributed by atoms with Gasteiger partial charge in [-0.15, -0.1) is 0 Å². The Morgan fingerprint density at radius 3 is 2.77 bits per heavy atom. The first-order valence-electron chi connectivity index (χ1n) is 7.01. The number of rotatable bonds is 6. The Kier molecular flexibility index (Phi) is 4.93. The third-order valence-corrected chi connectivity index (χ3v) is 2.79. The number of hydrogen-bond acceptors (Lipinski definition) is 5. The summed E-state index contributed by atoms with van der Waals surface area (Å²) in [6.07, 6.45) is 0. The molecule has 0 radical (unpaired) electrons. The van der Waals surface area contributed by atoms with Gasteiger partial charge in [0.2, 0.25) is 0 Å². The van der Waals surface area contributed by atoms with Crippen molar-refractivity contribution in [2.45, 2.75) is 33.4 Å². The SMILES string of the molecule is Cc1cc(NC(C)C)nc(COc2cccc(C(=O)O)c2)n1. The Balaban J connectivity index is 2.09. The zero-order valence-electron chi connectivity index (χ0n) is 12.8. The van der Waals surface area contributed by atoms with E-state index in [1.807, 2.05) is 26.8 Å². The van der Waals surface area contributed by atoms with Crippen molar-refractivity contribution in [2.24, 2.45) is 0 Å². The predicted molar refractivity (Wildman–Crippen MR) is 83.3 cm³/mol. The summed E-state index contributed by atoms with van der Waals surface area (Å²) < 4.78 is 5.58. The third kappa shape index (κ3) is 4.44. The molecule has 2 N–H and O–H groups in total. The summed E-state index contributed by atoms with van der Waals surface area (Å²) in [6, 6.07) is 8.48. The number of aromatic nitrogens is 2. The van der Waals surface area contributed by atoms with Crippen LogP contribution in [0.4, 0.5) is 5.82 Å². The minimum absolute atomic E-state index is 0.178. The molecule has 0 unspecified atom stereocenters. The maximum atomic E-state index is 10.9. The minimum atomic E-state index is -0.985. The highest BCUT2D eigenvalue weighted by molar-refractivity contribution is 5.87. The average molecular weight is 301 g/mol. The Hall–Kier alpha value is -2.63. The zero-order valence-corrected chi connectivity index (χ0v) is 12.8. The summed E-state index contributed by atoms with van der Waals surface area (Å²) in [4.78, 5) is 19.6. The van der Waals surface area contributed by atoms with Gasteiger partial charge in [-0.3, -0.25) is 0 Å². The quantitative estimate of drug-likeness (QED) is 0.853. The molecule has 2 aromatic rings. The standard InChI is InChI=1S/C16H19N3O3/c1-10(2)17-14-7-11(3)18-15(19-14)9-22-13-6-4-5-12(8-13)16(20)21/h4-8,10H,9H2,1-3H3,(H,20,21)(H,17,18,19). The highest BCUT2D eigenvalue weighted by Crippen LogP contribution is 2.15. The maximum Gasteiger partial charge on any atom is 0.335 e. The number of carboxylic acid groups (broad SMARTS) is 1. The fourth-order valence-electron chi connectivity index (χ4n) is 1.93. The maximum absolute atomic E-state index is 10.9. The van der Waals surface area contributed by atoms with Crippen LogP contribution < -0.4 is 10.1 Å². The van der Waals surface area contributed by atoms with Gasteiger partial charge in [0.05, 0.1) is 5.56 Å². The van der Waals surface area contributed by atoms with Crippen molar-refractivity contribution < 1.29 is 14.6 Å². The van der Waals surface area contributed by atoms with Crippen molar-refractivity contribution >= 4 is 11.8 Å². The lowest BCUT2D eigenvalue weighted by atomic mass is 10.2. The summed E-state index contributed by atoms with van der Waals surface area (Å²) >= 11 is 0. The number of ether oxygens (including phenoxy) is 1. The number of carbonyl (C=O) groups is 1. The van der Waals surface area contributed by atoms with Crippen LogP contribution in [0.25, 0.3) is 0 Å². The number of benzene rings is 1. The van der Waals surface area contributed by atoms with Crippen molar-refractivity contribution in [1.29, 1.82) is 0 Å². The predicted octanol–water partition coefficient (Wildman–Crippen LogP) is 2.88. The van der Waals surface area contributed by atoms with E-state index >= 15 is 0 Å². The van der Waals surface area contributed by atoms with E-state index in [9.17, 15) is 4.79 Å². The van der Waals surface area contributed by atoms with Crippen LogP contribution in [0.1, 0.15) is 35.7 Å². The van der Waals surface area contributed by atoms with E-state index in [1.165, 1.54) is 12.1 Å². The molecule has 0 saturated heterocycles. The number of anilines is 1. The van der Waals surface area contributed by atoms with Crippen LogP contribution in [0.15, 0.2) is 30.3 Å². The van der Waals surface area contributed by atoms with Crippen LogP contribution in [0.2, 0.25) is 0 Å². The molecule has 1 heterocycles. The van der Waals surface area contributed by atoms with E-state index < -0.39 is 5.97 Å². The first-order chi connectivity index (χ1) is 10.4. The van der Waals surface area contributed by atoms with Gasteiger partial charge in [-0.05, 0) is 39.0 Å². The van der Waals surface area contributed by atoms with Gasteiger partial charge in [-0.2, -0.15) is 0 Å². The summed E-state index contributed by atoms with van der Waals surface area (Å²) in [7, 11) is 0. The number of hydrogen-bond donors (Lipinski definition) is 2. The first-order valence-corrected chi connectivity index (χ1v) is 7.01. The minimum Gasteiger partial charge on any atom is -0.486 e. The van der Waals surface area contributed by atoms with Crippen LogP contribution in [0.5, 0.6) is 5.75 Å². The average Bonchev–Trinajstić information content (AvgIpc) is 2.44. The molecular formula is C16H19N3O3. The normalized spacial score (nSPS) is 10.5. The zero-order chi connectivity index (χ0) is 16.1. The first kappa shape index (κ1) is 15.8. The molecule has 0 amide bonds. The molecule has 1 aromatic carbocycles. The second kappa shape index (κ2) is 6.89. The molecule has 0 atom stereocenters. The summed E-state index contributed by atoms with van der Waals surface area (Å²) in [5.74, 6) is 0.785. The lowest BCUT2D eigenvalue weighted by molar-refractivity contribution is 0.0696. The van der Waals surface area contributed by atoms with Gasteiger partial charge in [0.25, 0.3) is 0 Å². The van der Waals surface area contributed by atoms with E-state index in [-0.39, 0.29) is 18.2 Å². The van der Waals surface area contributed by atoms with Gasteiger partial charge in [0.1, 0.15) is 18.2 Å². The molecule has 6 nitrogen and oxygen atoms in total. The fourth-order valence-corrected chi connectivity index (χ4v) is 1.93. The van der Waals surface area contributed by atoms with E-state index in [4.69, 9.17) is 9.84 Å². The molecule has 0 fully saturated rings. The number of nitrogens with zero attached hydrogens (tertiary/aromatic N) is 2. The fraction of sp³-hybridized carbons (Fsp3) is 0.312. The molecule has 2 rings (SSSR count). The molecule has 0 aliphatic rings. The van der Waals surface area contributed by atoms with E-state index in [2.05, 4.69) is 15.3 Å². The monoisotopic (exact) mass is 301 g/mol. The molecule has 116 valence electrons. The third-order valence-electron chi connectivity index (χ3n) is 2.79. The lowest BCUT2D eigenvalue weighted by Gasteiger charge is -2.11. The van der Waals surface area contributed by atoms with Gasteiger partial charge >= 0.3 is 5.97 Å². The molecule has 0 aliphatic carbocycles. The van der Waals surface area contributed by atoms with Gasteiger partial charge < -0.3 is 15.2 Å². The van der Waals surface area contributed by atoms with Crippen LogP contribution in [-0.4, -0.2) is 27.1 Å². The second-order valence-electron chi connectivity index (χ2n) is 5.23. The number of aryl methyl sites for hydroxylation is 1. The highest BCUT2D eigenvalue weighted by Gasteiger charge is 2.07. The van der Waals surface area contributed by atoms with Crippen LogP contribution in [0, 0.1) is 6.92 Å². The van der Waals surface area contributed by atoms with Crippen LogP contribution in [-0.2, 0) is 6.61 Å². The van der Waals surface area contributed by atoms with Gasteiger partial charge in [-0.1, -0.05) is 6.07 Å². The number of carboxylic acids is 1. The molecule has 0 bridgehead atoms. The van der Waals surface area contributed by atoms with Crippen molar-refractivity contribution in [1.82, 2.24) is 9.97 Å². The summed E-state index contributed by atoms with van der Waals surface area (Å²) in [5, 5.41) is 12.2. The van der Waals surface area contributed by atoms with E-state index in [0.29, 0.717) is 11.6 Å². The number of nitrogens with one attached hydrogen (secondary N) is 1. The van der Waals surface area contributed by atoms with Crippen molar-refractivity contribution in [2.75, 3.05) is 5.32 Å². The molecule has 1 aromatic heterocycles. The van der Waals surface area contributed by atoms with Gasteiger partial charge in [0, 0.05) is 17.8 Å². The Labute approximate surface area is 129 Å². The van der Waals surface area contributed by atoms with Crippen molar-refractivity contribution in [3.8, 4) is 5.75 Å². The molecule has 0 aliphatic heterocycles. The Morgan fingerprint density at radius 1 is 1.32 bits per heavy atom. The largest absolute Gasteiger partial charge is 0.486 e. The lowest BCUT2D eigenvalue weighted by Crippen LogP contribution is -2.13. The number of aromatic carboxylic acids is 1. The second-order valence-corrected chi connectivity index (χ2v) is 5.23. The molecule has 0 saturated carbocycles. The summed E-state index contributed by atoms with van der Waals surface area (Å²) in [5.41, 5.74) is 1.03. The molecule has 22 heavy (non-hydrogen) atoms. The topological polar surface area (TPSA) is 84.3 Å². The molecule has 0 spiro atoms.